The summed E-state index contributed by atoms with van der Waals surface area (Å²) >= 11 is 0. The van der Waals surface area contributed by atoms with Gasteiger partial charge in [0, 0.05) is 37.8 Å². The van der Waals surface area contributed by atoms with E-state index in [0.29, 0.717) is 6.04 Å². The molecule has 0 aromatic rings. The zero-order valence-electron chi connectivity index (χ0n) is 11.4. The maximum absolute atomic E-state index is 5.53. The highest BCUT2D eigenvalue weighted by molar-refractivity contribution is 4.79. The lowest BCUT2D eigenvalue weighted by Crippen LogP contribution is -2.49. The van der Waals surface area contributed by atoms with Crippen molar-refractivity contribution >= 4 is 0 Å². The van der Waals surface area contributed by atoms with Crippen LogP contribution in [0, 0.1) is 0 Å². The maximum Gasteiger partial charge on any atom is 0.0128 e. The summed E-state index contributed by atoms with van der Waals surface area (Å²) in [4.78, 5) is 4.82. The van der Waals surface area contributed by atoms with Crippen molar-refractivity contribution in [2.24, 2.45) is 5.73 Å². The van der Waals surface area contributed by atoms with Crippen LogP contribution >= 0.6 is 0 Å². The predicted octanol–water partition coefficient (Wildman–Crippen LogP) is 1.39. The fourth-order valence-corrected chi connectivity index (χ4v) is 1.98. The molecule has 0 rings (SSSR count). The third-order valence-electron chi connectivity index (χ3n) is 2.72. The van der Waals surface area contributed by atoms with Gasteiger partial charge in [-0.2, -0.15) is 0 Å². The van der Waals surface area contributed by atoms with Crippen LogP contribution in [0.3, 0.4) is 0 Å². The highest BCUT2D eigenvalue weighted by atomic mass is 15.2. The Morgan fingerprint density at radius 1 is 1.07 bits per heavy atom. The minimum absolute atomic E-state index is 0.248. The summed E-state index contributed by atoms with van der Waals surface area (Å²) in [5, 5.41) is 0. The van der Waals surface area contributed by atoms with E-state index in [-0.39, 0.29) is 5.54 Å². The van der Waals surface area contributed by atoms with E-state index in [2.05, 4.69) is 51.5 Å². The molecular weight excluding hydrogens is 186 g/mol. The van der Waals surface area contributed by atoms with Gasteiger partial charge in [0.2, 0.25) is 0 Å². The highest BCUT2D eigenvalue weighted by Crippen LogP contribution is 2.16. The van der Waals surface area contributed by atoms with E-state index in [0.717, 1.165) is 26.2 Å². The highest BCUT2D eigenvalue weighted by Gasteiger charge is 2.23. The standard InChI is InChI=1S/C12H29N3/c1-11(2)15(12(3,4)5)10-9-14(6)8-7-13/h11H,7-10,13H2,1-6H3. The molecular formula is C12H29N3. The number of rotatable bonds is 6. The SMILES string of the molecule is CC(C)N(CCN(C)CCN)C(C)(C)C. The average Bonchev–Trinajstić information content (AvgIpc) is 2.01. The van der Waals surface area contributed by atoms with Crippen molar-refractivity contribution in [3.05, 3.63) is 0 Å². The second-order valence-corrected chi connectivity index (χ2v) is 5.55. The lowest BCUT2D eigenvalue weighted by atomic mass is 10.0. The Kier molecular flexibility index (Phi) is 6.41. The summed E-state index contributed by atoms with van der Waals surface area (Å²) < 4.78 is 0. The van der Waals surface area contributed by atoms with Crippen LogP contribution in [-0.2, 0) is 0 Å². The molecule has 0 saturated heterocycles. The van der Waals surface area contributed by atoms with Gasteiger partial charge < -0.3 is 10.6 Å². The van der Waals surface area contributed by atoms with E-state index in [1.807, 2.05) is 0 Å². The average molecular weight is 215 g/mol. The number of nitrogens with two attached hydrogens (primary N) is 1. The van der Waals surface area contributed by atoms with Crippen LogP contribution in [0.2, 0.25) is 0 Å². The van der Waals surface area contributed by atoms with Crippen molar-refractivity contribution in [3.8, 4) is 0 Å². The van der Waals surface area contributed by atoms with Gasteiger partial charge in [-0.25, -0.2) is 0 Å². The van der Waals surface area contributed by atoms with Gasteiger partial charge in [0.15, 0.2) is 0 Å². The first-order valence-corrected chi connectivity index (χ1v) is 5.94. The van der Waals surface area contributed by atoms with Crippen molar-refractivity contribution in [2.75, 3.05) is 33.2 Å². The van der Waals surface area contributed by atoms with Crippen LogP contribution in [0.15, 0.2) is 0 Å². The smallest absolute Gasteiger partial charge is 0.0128 e. The minimum atomic E-state index is 0.248. The monoisotopic (exact) mass is 215 g/mol. The van der Waals surface area contributed by atoms with Gasteiger partial charge in [0.05, 0.1) is 0 Å². The topological polar surface area (TPSA) is 32.5 Å². The molecule has 0 aliphatic rings. The molecule has 3 nitrogen and oxygen atoms in total. The maximum atomic E-state index is 5.53. The van der Waals surface area contributed by atoms with Crippen molar-refractivity contribution < 1.29 is 0 Å². The quantitative estimate of drug-likeness (QED) is 0.727. The first-order chi connectivity index (χ1) is 6.79. The first kappa shape index (κ1) is 14.9. The molecule has 0 radical (unpaired) electrons. The Bertz CT molecular complexity index is 161. The first-order valence-electron chi connectivity index (χ1n) is 5.94. The number of nitrogens with zero attached hydrogens (tertiary/aromatic N) is 2. The lowest BCUT2D eigenvalue weighted by molar-refractivity contribution is 0.0873. The molecule has 0 aliphatic carbocycles. The Labute approximate surface area is 95.6 Å². The van der Waals surface area contributed by atoms with Crippen LogP contribution in [0.25, 0.3) is 0 Å². The molecule has 15 heavy (non-hydrogen) atoms. The van der Waals surface area contributed by atoms with Gasteiger partial charge in [-0.1, -0.05) is 0 Å². The second-order valence-electron chi connectivity index (χ2n) is 5.55. The molecule has 3 heteroatoms. The number of hydrogen-bond donors (Lipinski definition) is 1. The summed E-state index contributed by atoms with van der Waals surface area (Å²) in [7, 11) is 2.13. The summed E-state index contributed by atoms with van der Waals surface area (Å²) in [6.07, 6.45) is 0. The summed E-state index contributed by atoms with van der Waals surface area (Å²) in [6.45, 7) is 15.3. The van der Waals surface area contributed by atoms with Gasteiger partial charge in [0.25, 0.3) is 0 Å². The largest absolute Gasteiger partial charge is 0.329 e. The molecule has 0 fully saturated rings. The van der Waals surface area contributed by atoms with E-state index in [9.17, 15) is 0 Å². The van der Waals surface area contributed by atoms with Crippen molar-refractivity contribution in [2.45, 2.75) is 46.2 Å². The molecule has 0 bridgehead atoms. The van der Waals surface area contributed by atoms with Crippen LogP contribution in [0.5, 0.6) is 0 Å². The third-order valence-corrected chi connectivity index (χ3v) is 2.72. The molecule has 0 aromatic heterocycles. The zero-order valence-corrected chi connectivity index (χ0v) is 11.4. The van der Waals surface area contributed by atoms with E-state index in [1.165, 1.54) is 0 Å². The van der Waals surface area contributed by atoms with Crippen molar-refractivity contribution in [3.63, 3.8) is 0 Å². The van der Waals surface area contributed by atoms with Crippen LogP contribution in [0.1, 0.15) is 34.6 Å². The third kappa shape index (κ3) is 6.13. The van der Waals surface area contributed by atoms with Gasteiger partial charge >= 0.3 is 0 Å². The molecule has 0 heterocycles. The fraction of sp³-hybridized carbons (Fsp3) is 1.00. The molecule has 0 amide bonds. The minimum Gasteiger partial charge on any atom is -0.329 e. The van der Waals surface area contributed by atoms with Crippen molar-refractivity contribution in [1.82, 2.24) is 9.80 Å². The Morgan fingerprint density at radius 2 is 1.60 bits per heavy atom. The Balaban J connectivity index is 4.09. The molecule has 0 spiro atoms. The van der Waals surface area contributed by atoms with E-state index < -0.39 is 0 Å². The predicted molar refractivity (Wildman–Crippen MR) is 68.1 cm³/mol. The molecule has 92 valence electrons. The van der Waals surface area contributed by atoms with Gasteiger partial charge in [-0.15, -0.1) is 0 Å². The molecule has 0 atom stereocenters. The molecule has 2 N–H and O–H groups in total. The van der Waals surface area contributed by atoms with Gasteiger partial charge in [-0.05, 0) is 41.7 Å². The van der Waals surface area contributed by atoms with Crippen LogP contribution < -0.4 is 5.73 Å². The normalized spacial score (nSPS) is 13.2. The Hall–Kier alpha value is -0.120. The molecule has 0 unspecified atom stereocenters. The van der Waals surface area contributed by atoms with E-state index >= 15 is 0 Å². The van der Waals surface area contributed by atoms with Gasteiger partial charge in [-0.3, -0.25) is 4.90 Å². The number of hydrogen-bond acceptors (Lipinski definition) is 3. The zero-order chi connectivity index (χ0) is 12.1. The Morgan fingerprint density at radius 3 is 1.93 bits per heavy atom. The van der Waals surface area contributed by atoms with Crippen molar-refractivity contribution in [1.29, 1.82) is 0 Å². The summed E-state index contributed by atoms with van der Waals surface area (Å²) in [5.74, 6) is 0. The van der Waals surface area contributed by atoms with E-state index in [4.69, 9.17) is 5.73 Å². The molecule has 0 aromatic carbocycles. The van der Waals surface area contributed by atoms with Gasteiger partial charge in [0.1, 0.15) is 0 Å². The summed E-state index contributed by atoms with van der Waals surface area (Å²) in [5.41, 5.74) is 5.77. The van der Waals surface area contributed by atoms with Crippen LogP contribution in [0.4, 0.5) is 0 Å². The van der Waals surface area contributed by atoms with Crippen LogP contribution in [-0.4, -0.2) is 54.6 Å². The second kappa shape index (κ2) is 6.46. The lowest BCUT2D eigenvalue weighted by Gasteiger charge is -2.39. The fourth-order valence-electron chi connectivity index (χ4n) is 1.98. The molecule has 0 saturated carbocycles. The summed E-state index contributed by atoms with van der Waals surface area (Å²) in [6, 6.07) is 0.594. The van der Waals surface area contributed by atoms with E-state index in [1.54, 1.807) is 0 Å². The number of likely N-dealkylation sites (N-methyl/N-ethyl adjacent to an activating group) is 1. The molecule has 0 aliphatic heterocycles.